The van der Waals surface area contributed by atoms with Crippen LogP contribution in [0.3, 0.4) is 0 Å². The molecule has 4 N–H and O–H groups in total. The van der Waals surface area contributed by atoms with Crippen LogP contribution in [0.4, 0.5) is 5.69 Å². The van der Waals surface area contributed by atoms with Gasteiger partial charge < -0.3 is 21.1 Å². The van der Waals surface area contributed by atoms with Gasteiger partial charge in [-0.2, -0.15) is 0 Å². The largest absolute Gasteiger partial charge is 0.506 e. The van der Waals surface area contributed by atoms with Gasteiger partial charge in [-0.05, 0) is 127 Å². The number of aldehydes is 1. The number of piperidine rings is 1. The molecule has 1 aliphatic rings. The van der Waals surface area contributed by atoms with E-state index in [9.17, 15) is 14.7 Å². The van der Waals surface area contributed by atoms with Crippen LogP contribution in [-0.4, -0.2) is 48.9 Å². The van der Waals surface area contributed by atoms with E-state index < -0.39 is 0 Å². The fourth-order valence-corrected chi connectivity index (χ4v) is 9.12. The molecular weight excluding hydrogens is 749 g/mol. The number of nitrogens with one attached hydrogen (secondary N) is 3. The number of phenols is 1. The Hall–Kier alpha value is -5.80. The van der Waals surface area contributed by atoms with Crippen molar-refractivity contribution in [3.63, 3.8) is 0 Å². The fourth-order valence-electron chi connectivity index (χ4n) is 8.17. The number of anilines is 1. The smallest absolute Gasteiger partial charge is 0.251 e. The third kappa shape index (κ3) is 11.2. The van der Waals surface area contributed by atoms with Crippen molar-refractivity contribution in [2.75, 3.05) is 32.0 Å². The molecule has 7 nitrogen and oxygen atoms in total. The Morgan fingerprint density at radius 1 is 0.814 bits per heavy atom. The van der Waals surface area contributed by atoms with Crippen LogP contribution in [0.15, 0.2) is 140 Å². The number of hydrogen-bond donors (Lipinski definition) is 4. The zero-order chi connectivity index (χ0) is 40.8. The second-order valence-electron chi connectivity index (χ2n) is 15.4. The second kappa shape index (κ2) is 20.8. The lowest BCUT2D eigenvalue weighted by molar-refractivity contribution is -0.104. The predicted octanol–water partition coefficient (Wildman–Crippen LogP) is 10.1. The van der Waals surface area contributed by atoms with E-state index in [1.165, 1.54) is 46.0 Å². The van der Waals surface area contributed by atoms with Crippen molar-refractivity contribution in [3.8, 4) is 16.2 Å². The minimum absolute atomic E-state index is 0.0961. The molecule has 1 atom stereocenters. The molecule has 1 aliphatic heterocycles. The molecule has 0 radical (unpaired) electrons. The molecule has 0 saturated carbocycles. The number of amides is 1. The molecule has 1 saturated heterocycles. The summed E-state index contributed by atoms with van der Waals surface area (Å²) < 4.78 is 0. The molecule has 7 rings (SSSR count). The lowest BCUT2D eigenvalue weighted by atomic mass is 9.80. The molecule has 1 fully saturated rings. The highest BCUT2D eigenvalue weighted by molar-refractivity contribution is 7.15. The van der Waals surface area contributed by atoms with Gasteiger partial charge in [0.25, 0.3) is 5.91 Å². The van der Waals surface area contributed by atoms with E-state index in [4.69, 9.17) is 0 Å². The van der Waals surface area contributed by atoms with E-state index in [0.717, 1.165) is 53.9 Å². The quantitative estimate of drug-likeness (QED) is 0.0299. The standard InChI is InChI=1S/C51H54N4O3S/c1-52-50-46(13-8-32-56)42(22-24-48(50)57)26-29-53-34-38-14-16-44(17-15-38)51(58)54-35-45-23-25-49(59-45)43-20-18-41(19-21-43)47(40-11-6-3-7-12-40)33-37-27-30-55(31-28-37)36-39-9-4-2-5-10-39/h2-25,32,37,47,52-53,57H,26-31,33-36H2,1H3,(H,54,58)/b13-8-. The first kappa shape index (κ1) is 41.4. The van der Waals surface area contributed by atoms with Crippen LogP contribution in [0.1, 0.15) is 73.8 Å². The van der Waals surface area contributed by atoms with Gasteiger partial charge >= 0.3 is 0 Å². The van der Waals surface area contributed by atoms with Crippen molar-refractivity contribution in [1.82, 2.24) is 15.5 Å². The number of nitrogens with zero attached hydrogens (tertiary/aromatic N) is 1. The van der Waals surface area contributed by atoms with Crippen LogP contribution in [0, 0.1) is 5.92 Å². The van der Waals surface area contributed by atoms with Crippen molar-refractivity contribution in [2.45, 2.75) is 51.2 Å². The Balaban J connectivity index is 0.888. The summed E-state index contributed by atoms with van der Waals surface area (Å²) in [6.07, 6.45) is 8.23. The van der Waals surface area contributed by atoms with E-state index >= 15 is 0 Å². The molecule has 1 aromatic heterocycles. The van der Waals surface area contributed by atoms with Crippen LogP contribution in [0.25, 0.3) is 16.5 Å². The maximum atomic E-state index is 13.1. The normalized spacial score (nSPS) is 14.0. The number of aromatic hydroxyl groups is 1. The lowest BCUT2D eigenvalue weighted by Crippen LogP contribution is -2.33. The van der Waals surface area contributed by atoms with E-state index in [1.807, 2.05) is 30.3 Å². The minimum Gasteiger partial charge on any atom is -0.506 e. The summed E-state index contributed by atoms with van der Waals surface area (Å²) in [4.78, 5) is 28.9. The molecule has 0 bridgehead atoms. The van der Waals surface area contributed by atoms with E-state index in [-0.39, 0.29) is 11.7 Å². The topological polar surface area (TPSA) is 93.7 Å². The molecule has 8 heteroatoms. The van der Waals surface area contributed by atoms with Crippen molar-refractivity contribution < 1.29 is 14.7 Å². The van der Waals surface area contributed by atoms with Gasteiger partial charge in [0.05, 0.1) is 12.2 Å². The van der Waals surface area contributed by atoms with Gasteiger partial charge in [0.2, 0.25) is 0 Å². The number of rotatable bonds is 18. The van der Waals surface area contributed by atoms with Gasteiger partial charge in [0.15, 0.2) is 0 Å². The molecular formula is C51H54N4O3S. The van der Waals surface area contributed by atoms with Crippen LogP contribution in [0.2, 0.25) is 0 Å². The highest BCUT2D eigenvalue weighted by atomic mass is 32.1. The van der Waals surface area contributed by atoms with Gasteiger partial charge in [0.1, 0.15) is 12.0 Å². The molecule has 2 heterocycles. The van der Waals surface area contributed by atoms with E-state index in [1.54, 1.807) is 30.5 Å². The van der Waals surface area contributed by atoms with Crippen LogP contribution < -0.4 is 16.0 Å². The molecule has 0 aliphatic carbocycles. The number of carbonyl (C=O) groups excluding carboxylic acids is 2. The SMILES string of the molecule is CNc1c(O)ccc(CCNCc2ccc(C(=O)NCc3ccc(-c4ccc(C(CC5CCN(Cc6ccccc6)CC5)c5ccccc5)cc4)s3)cc2)c1/C=C\C=O. The summed E-state index contributed by atoms with van der Waals surface area (Å²) in [6.45, 7) is 5.17. The maximum Gasteiger partial charge on any atom is 0.251 e. The molecule has 1 unspecified atom stereocenters. The summed E-state index contributed by atoms with van der Waals surface area (Å²) in [5.74, 6) is 1.11. The van der Waals surface area contributed by atoms with Crippen molar-refractivity contribution in [2.24, 2.45) is 5.92 Å². The van der Waals surface area contributed by atoms with Crippen molar-refractivity contribution >= 4 is 35.3 Å². The highest BCUT2D eigenvalue weighted by Crippen LogP contribution is 2.37. The van der Waals surface area contributed by atoms with Gasteiger partial charge in [-0.3, -0.25) is 14.5 Å². The van der Waals surface area contributed by atoms with Gasteiger partial charge in [-0.1, -0.05) is 103 Å². The third-order valence-electron chi connectivity index (χ3n) is 11.4. The number of thiophene rings is 1. The maximum absolute atomic E-state index is 13.1. The molecule has 302 valence electrons. The van der Waals surface area contributed by atoms with Crippen molar-refractivity contribution in [3.05, 3.63) is 183 Å². The average molecular weight is 803 g/mol. The summed E-state index contributed by atoms with van der Waals surface area (Å²) in [5.41, 5.74) is 9.47. The Morgan fingerprint density at radius 2 is 1.53 bits per heavy atom. The number of carbonyl (C=O) groups is 2. The first-order valence-electron chi connectivity index (χ1n) is 20.7. The third-order valence-corrected chi connectivity index (χ3v) is 12.6. The summed E-state index contributed by atoms with van der Waals surface area (Å²) in [5, 5.41) is 19.8. The van der Waals surface area contributed by atoms with E-state index in [2.05, 4.69) is 118 Å². The fraction of sp³-hybridized carbons (Fsp3) is 0.255. The Labute approximate surface area is 352 Å². The number of phenolic OH excluding ortho intramolecular Hbond substituents is 1. The van der Waals surface area contributed by atoms with Crippen LogP contribution >= 0.6 is 11.3 Å². The average Bonchev–Trinajstić information content (AvgIpc) is 3.76. The first-order valence-corrected chi connectivity index (χ1v) is 21.5. The molecule has 0 spiro atoms. The predicted molar refractivity (Wildman–Crippen MR) is 243 cm³/mol. The second-order valence-corrected chi connectivity index (χ2v) is 16.5. The first-order chi connectivity index (χ1) is 29.0. The summed E-state index contributed by atoms with van der Waals surface area (Å²) in [7, 11) is 1.75. The molecule has 5 aromatic carbocycles. The minimum atomic E-state index is -0.0961. The monoisotopic (exact) mass is 802 g/mol. The lowest BCUT2D eigenvalue weighted by Gasteiger charge is -2.34. The van der Waals surface area contributed by atoms with Gasteiger partial charge in [0, 0.05) is 46.9 Å². The Bertz CT molecular complexity index is 2280. The van der Waals surface area contributed by atoms with Gasteiger partial charge in [-0.15, -0.1) is 11.3 Å². The number of likely N-dealkylation sites (tertiary alicyclic amines) is 1. The number of allylic oxidation sites excluding steroid dienone is 1. The summed E-state index contributed by atoms with van der Waals surface area (Å²) in [6, 6.07) is 46.5. The van der Waals surface area contributed by atoms with Crippen LogP contribution in [-0.2, 0) is 30.8 Å². The van der Waals surface area contributed by atoms with E-state index in [0.29, 0.717) is 49.1 Å². The number of hydrogen-bond acceptors (Lipinski definition) is 7. The van der Waals surface area contributed by atoms with Gasteiger partial charge in [-0.25, -0.2) is 0 Å². The van der Waals surface area contributed by atoms with Crippen LogP contribution in [0.5, 0.6) is 5.75 Å². The molecule has 6 aromatic rings. The molecule has 59 heavy (non-hydrogen) atoms. The number of benzene rings is 5. The zero-order valence-electron chi connectivity index (χ0n) is 33.8. The Kier molecular flexibility index (Phi) is 14.5. The highest BCUT2D eigenvalue weighted by Gasteiger charge is 2.25. The zero-order valence-corrected chi connectivity index (χ0v) is 34.6. The molecule has 1 amide bonds. The summed E-state index contributed by atoms with van der Waals surface area (Å²) >= 11 is 1.72. The van der Waals surface area contributed by atoms with Crippen molar-refractivity contribution in [1.29, 1.82) is 0 Å². The Morgan fingerprint density at radius 3 is 2.24 bits per heavy atom.